The van der Waals surface area contributed by atoms with E-state index in [9.17, 15) is 0 Å². The third kappa shape index (κ3) is 3.17. The van der Waals surface area contributed by atoms with Crippen LogP contribution in [-0.4, -0.2) is 34.1 Å². The molecule has 0 spiro atoms. The molecule has 7 heteroatoms. The fourth-order valence-corrected chi connectivity index (χ4v) is 5.39. The van der Waals surface area contributed by atoms with E-state index in [-0.39, 0.29) is 5.60 Å². The summed E-state index contributed by atoms with van der Waals surface area (Å²) in [7, 11) is 2.11. The highest BCUT2D eigenvalue weighted by Crippen LogP contribution is 2.44. The first-order valence-electron chi connectivity index (χ1n) is 10.5. The number of aromatic nitrogens is 3. The van der Waals surface area contributed by atoms with Gasteiger partial charge in [-0.1, -0.05) is 13.3 Å². The zero-order valence-electron chi connectivity index (χ0n) is 17.9. The lowest BCUT2D eigenvalue weighted by molar-refractivity contribution is -0.0395. The number of pyridine rings is 1. The SMILES string of the molecule is CCCCN(C)c1ncnc2c1sc1nc(-c3ccco3)c3c(c12)CC(C)(C)OC3. The van der Waals surface area contributed by atoms with Gasteiger partial charge in [-0.2, -0.15) is 0 Å². The molecule has 0 saturated heterocycles. The number of hydrogen-bond donors (Lipinski definition) is 0. The van der Waals surface area contributed by atoms with Crippen molar-refractivity contribution in [2.45, 2.75) is 52.2 Å². The first-order chi connectivity index (χ1) is 14.5. The summed E-state index contributed by atoms with van der Waals surface area (Å²) in [5, 5.41) is 1.14. The van der Waals surface area contributed by atoms with E-state index in [0.29, 0.717) is 6.61 Å². The summed E-state index contributed by atoms with van der Waals surface area (Å²) in [6.45, 7) is 7.98. The number of thiophene rings is 1. The molecular weight excluding hydrogens is 396 g/mol. The minimum atomic E-state index is -0.232. The Kier molecular flexibility index (Phi) is 4.75. The third-order valence-corrected chi connectivity index (χ3v) is 6.84. The minimum Gasteiger partial charge on any atom is -0.463 e. The second-order valence-corrected chi connectivity index (χ2v) is 9.55. The number of hydrogen-bond acceptors (Lipinski definition) is 7. The van der Waals surface area contributed by atoms with Crippen LogP contribution in [0.4, 0.5) is 5.82 Å². The van der Waals surface area contributed by atoms with Gasteiger partial charge in [0, 0.05) is 31.0 Å². The van der Waals surface area contributed by atoms with Gasteiger partial charge < -0.3 is 14.1 Å². The molecule has 0 amide bonds. The van der Waals surface area contributed by atoms with Gasteiger partial charge in [-0.3, -0.25) is 0 Å². The number of anilines is 1. The van der Waals surface area contributed by atoms with Crippen molar-refractivity contribution in [2.24, 2.45) is 0 Å². The molecule has 0 fully saturated rings. The van der Waals surface area contributed by atoms with Crippen LogP contribution in [-0.2, 0) is 17.8 Å². The standard InChI is InChI=1S/C23H26N4O2S/c1-5-6-9-27(4)21-20-19(24-13-25-21)17-14-11-23(2,3)29-12-15(14)18(26-22(17)30-20)16-8-7-10-28-16/h7-8,10,13H,5-6,9,11-12H2,1-4H3. The zero-order valence-corrected chi connectivity index (χ0v) is 18.7. The molecule has 30 heavy (non-hydrogen) atoms. The molecule has 156 valence electrons. The van der Waals surface area contributed by atoms with E-state index in [0.717, 1.165) is 69.1 Å². The van der Waals surface area contributed by atoms with Gasteiger partial charge in [-0.25, -0.2) is 15.0 Å². The Bertz CT molecular complexity index is 1210. The zero-order chi connectivity index (χ0) is 20.9. The second kappa shape index (κ2) is 7.32. The normalized spacial score (nSPS) is 15.6. The Labute approximate surface area is 179 Å². The molecule has 0 radical (unpaired) electrons. The van der Waals surface area contributed by atoms with Gasteiger partial charge >= 0.3 is 0 Å². The maximum atomic E-state index is 6.16. The molecule has 0 N–H and O–H groups in total. The lowest BCUT2D eigenvalue weighted by Gasteiger charge is -2.32. The molecule has 1 aliphatic rings. The molecule has 6 nitrogen and oxygen atoms in total. The molecule has 5 heterocycles. The predicted octanol–water partition coefficient (Wildman–Crippen LogP) is 5.59. The van der Waals surface area contributed by atoms with Crippen molar-refractivity contribution < 1.29 is 9.15 Å². The second-order valence-electron chi connectivity index (χ2n) is 8.55. The summed E-state index contributed by atoms with van der Waals surface area (Å²) in [5.41, 5.74) is 4.02. The number of ether oxygens (including phenoxy) is 1. The minimum absolute atomic E-state index is 0.232. The van der Waals surface area contributed by atoms with Crippen molar-refractivity contribution in [1.82, 2.24) is 15.0 Å². The van der Waals surface area contributed by atoms with E-state index in [1.165, 1.54) is 5.56 Å². The molecule has 0 aliphatic carbocycles. The number of unbranched alkanes of at least 4 members (excludes halogenated alkanes) is 1. The first kappa shape index (κ1) is 19.5. The summed E-state index contributed by atoms with van der Waals surface area (Å²) >= 11 is 1.67. The Morgan fingerprint density at radius 1 is 1.23 bits per heavy atom. The lowest BCUT2D eigenvalue weighted by atomic mass is 9.89. The van der Waals surface area contributed by atoms with Crippen molar-refractivity contribution in [3.63, 3.8) is 0 Å². The Hall–Kier alpha value is -2.51. The van der Waals surface area contributed by atoms with Gasteiger partial charge in [-0.15, -0.1) is 11.3 Å². The van der Waals surface area contributed by atoms with Crippen LogP contribution in [0.3, 0.4) is 0 Å². The summed E-state index contributed by atoms with van der Waals surface area (Å²) < 4.78 is 13.0. The van der Waals surface area contributed by atoms with Crippen LogP contribution >= 0.6 is 11.3 Å². The van der Waals surface area contributed by atoms with E-state index in [4.69, 9.17) is 19.1 Å². The first-order valence-corrected chi connectivity index (χ1v) is 11.3. The topological polar surface area (TPSA) is 64.3 Å². The third-order valence-electron chi connectivity index (χ3n) is 5.77. The highest BCUT2D eigenvalue weighted by Gasteiger charge is 2.32. The quantitative estimate of drug-likeness (QED) is 0.418. The van der Waals surface area contributed by atoms with E-state index in [1.54, 1.807) is 23.9 Å². The van der Waals surface area contributed by atoms with Crippen LogP contribution in [0.15, 0.2) is 29.1 Å². The monoisotopic (exact) mass is 422 g/mol. The van der Waals surface area contributed by atoms with Crippen LogP contribution in [0.1, 0.15) is 44.7 Å². The van der Waals surface area contributed by atoms with E-state index in [2.05, 4.69) is 37.7 Å². The van der Waals surface area contributed by atoms with Gasteiger partial charge in [0.15, 0.2) is 5.76 Å². The molecule has 0 saturated carbocycles. The van der Waals surface area contributed by atoms with Crippen molar-refractivity contribution in [1.29, 1.82) is 0 Å². The van der Waals surface area contributed by atoms with Crippen molar-refractivity contribution >= 4 is 37.6 Å². The Morgan fingerprint density at radius 2 is 2.10 bits per heavy atom. The molecule has 5 rings (SSSR count). The number of nitrogens with zero attached hydrogens (tertiary/aromatic N) is 4. The number of rotatable bonds is 5. The van der Waals surface area contributed by atoms with E-state index < -0.39 is 0 Å². The van der Waals surface area contributed by atoms with Gasteiger partial charge in [0.2, 0.25) is 0 Å². The highest BCUT2D eigenvalue weighted by molar-refractivity contribution is 7.26. The lowest BCUT2D eigenvalue weighted by Crippen LogP contribution is -2.32. The Morgan fingerprint density at radius 3 is 2.87 bits per heavy atom. The van der Waals surface area contributed by atoms with Gasteiger partial charge in [0.1, 0.15) is 22.7 Å². The summed E-state index contributed by atoms with van der Waals surface area (Å²) in [6, 6.07) is 3.86. The molecule has 0 aromatic carbocycles. The maximum Gasteiger partial charge on any atom is 0.152 e. The van der Waals surface area contributed by atoms with Crippen molar-refractivity contribution in [2.75, 3.05) is 18.5 Å². The van der Waals surface area contributed by atoms with E-state index in [1.807, 2.05) is 12.1 Å². The maximum absolute atomic E-state index is 6.16. The van der Waals surface area contributed by atoms with Gasteiger partial charge in [0.25, 0.3) is 0 Å². The van der Waals surface area contributed by atoms with Crippen molar-refractivity contribution in [3.8, 4) is 11.5 Å². The molecule has 4 aromatic heterocycles. The van der Waals surface area contributed by atoms with Crippen LogP contribution < -0.4 is 4.90 Å². The van der Waals surface area contributed by atoms with Crippen LogP contribution in [0.5, 0.6) is 0 Å². The molecule has 1 aliphatic heterocycles. The van der Waals surface area contributed by atoms with E-state index >= 15 is 0 Å². The molecule has 0 bridgehead atoms. The largest absolute Gasteiger partial charge is 0.463 e. The average Bonchev–Trinajstić information content (AvgIpc) is 3.38. The van der Waals surface area contributed by atoms with Crippen LogP contribution in [0, 0.1) is 0 Å². The van der Waals surface area contributed by atoms with Gasteiger partial charge in [-0.05, 0) is 38.0 Å². The van der Waals surface area contributed by atoms with Crippen molar-refractivity contribution in [3.05, 3.63) is 35.9 Å². The number of furan rings is 1. The van der Waals surface area contributed by atoms with Gasteiger partial charge in [0.05, 0.1) is 28.7 Å². The molecule has 4 aromatic rings. The average molecular weight is 423 g/mol. The predicted molar refractivity (Wildman–Crippen MR) is 121 cm³/mol. The summed E-state index contributed by atoms with van der Waals surface area (Å²) in [6.07, 6.45) is 6.48. The van der Waals surface area contributed by atoms with Crippen LogP contribution in [0.25, 0.3) is 31.9 Å². The van der Waals surface area contributed by atoms with Crippen LogP contribution in [0.2, 0.25) is 0 Å². The summed E-state index contributed by atoms with van der Waals surface area (Å²) in [4.78, 5) is 17.6. The smallest absolute Gasteiger partial charge is 0.152 e. The fraction of sp³-hybridized carbons (Fsp3) is 0.435. The summed E-state index contributed by atoms with van der Waals surface area (Å²) in [5.74, 6) is 1.76. The Balaban J connectivity index is 1.79. The molecule has 0 unspecified atom stereocenters. The molecular formula is C23H26N4O2S. The molecule has 0 atom stereocenters. The fourth-order valence-electron chi connectivity index (χ4n) is 4.18. The number of fused-ring (bicyclic) bond motifs is 5. The highest BCUT2D eigenvalue weighted by atomic mass is 32.1.